The van der Waals surface area contributed by atoms with Gasteiger partial charge in [-0.1, -0.05) is 23.4 Å². The molecule has 1 aromatic heterocycles. The lowest BCUT2D eigenvalue weighted by atomic mass is 10.1. The minimum Gasteiger partial charge on any atom is -0.387 e. The van der Waals surface area contributed by atoms with Crippen molar-refractivity contribution in [3.63, 3.8) is 0 Å². The predicted octanol–water partition coefficient (Wildman–Crippen LogP) is 2.39. The molecule has 0 bridgehead atoms. The summed E-state index contributed by atoms with van der Waals surface area (Å²) in [5.74, 6) is 0.799. The first-order valence-electron chi connectivity index (χ1n) is 7.12. The van der Waals surface area contributed by atoms with Crippen LogP contribution < -0.4 is 0 Å². The third-order valence-electron chi connectivity index (χ3n) is 3.88. The molecule has 0 unspecified atom stereocenters. The first kappa shape index (κ1) is 14.2. The first-order chi connectivity index (χ1) is 10.1. The van der Waals surface area contributed by atoms with E-state index in [-0.39, 0.29) is 11.9 Å². The molecule has 1 N–H and O–H groups in total. The highest BCUT2D eigenvalue weighted by Gasteiger charge is 2.31. The van der Waals surface area contributed by atoms with Gasteiger partial charge >= 0.3 is 0 Å². The van der Waals surface area contributed by atoms with Gasteiger partial charge in [0.05, 0.1) is 12.1 Å². The number of β-amino-alcohol motifs (C(OH)–C–C–N with tert-alkyl or cyclic N) is 1. The molecular weight excluding hydrogens is 273 g/mol. The highest BCUT2D eigenvalue weighted by Crippen LogP contribution is 2.32. The molecule has 0 aliphatic carbocycles. The minimum absolute atomic E-state index is 0.0314. The summed E-state index contributed by atoms with van der Waals surface area (Å²) in [6.45, 7) is 2.95. The van der Waals surface area contributed by atoms with Crippen molar-refractivity contribution < 1.29 is 14.0 Å². The standard InChI is InChI=1S/C15H18FN3O2/c1-10-17-15(18-21-10)13-7-4-8-19(13)9-14(20)11-5-2-3-6-12(11)16/h2-3,5-6,13-14,20H,4,7-9H2,1H3/t13-,14-/m1/s1. The highest BCUT2D eigenvalue weighted by molar-refractivity contribution is 5.20. The van der Waals surface area contributed by atoms with Gasteiger partial charge in [0, 0.05) is 19.0 Å². The summed E-state index contributed by atoms with van der Waals surface area (Å²) in [6, 6.07) is 6.35. The summed E-state index contributed by atoms with van der Waals surface area (Å²) in [5.41, 5.74) is 0.326. The fraction of sp³-hybridized carbons (Fsp3) is 0.467. The fourth-order valence-electron chi connectivity index (χ4n) is 2.85. The minimum atomic E-state index is -0.861. The zero-order chi connectivity index (χ0) is 14.8. The Hall–Kier alpha value is -1.79. The van der Waals surface area contributed by atoms with Crippen molar-refractivity contribution >= 4 is 0 Å². The summed E-state index contributed by atoms with van der Waals surface area (Å²) in [7, 11) is 0. The number of likely N-dealkylation sites (tertiary alicyclic amines) is 1. The van der Waals surface area contributed by atoms with Crippen LogP contribution >= 0.6 is 0 Å². The van der Waals surface area contributed by atoms with Crippen LogP contribution in [-0.4, -0.2) is 33.2 Å². The second-order valence-corrected chi connectivity index (χ2v) is 5.36. The number of aromatic nitrogens is 2. The van der Waals surface area contributed by atoms with Gasteiger partial charge in [0.15, 0.2) is 5.82 Å². The molecule has 2 aromatic rings. The van der Waals surface area contributed by atoms with Crippen molar-refractivity contribution in [1.82, 2.24) is 15.0 Å². The molecule has 5 nitrogen and oxygen atoms in total. The molecule has 0 radical (unpaired) electrons. The molecular formula is C15H18FN3O2. The molecule has 1 aliphatic rings. The van der Waals surface area contributed by atoms with E-state index in [1.54, 1.807) is 25.1 Å². The molecule has 2 heterocycles. The van der Waals surface area contributed by atoms with Gasteiger partial charge in [-0.15, -0.1) is 0 Å². The maximum absolute atomic E-state index is 13.7. The van der Waals surface area contributed by atoms with Crippen molar-refractivity contribution in [1.29, 1.82) is 0 Å². The van der Waals surface area contributed by atoms with Crippen LogP contribution in [0.15, 0.2) is 28.8 Å². The Morgan fingerprint density at radius 2 is 2.29 bits per heavy atom. The molecule has 2 atom stereocenters. The van der Waals surface area contributed by atoms with Gasteiger partial charge in [-0.3, -0.25) is 4.90 Å². The molecule has 1 fully saturated rings. The zero-order valence-electron chi connectivity index (χ0n) is 11.9. The highest BCUT2D eigenvalue weighted by atomic mass is 19.1. The maximum atomic E-state index is 13.7. The number of hydrogen-bond acceptors (Lipinski definition) is 5. The average Bonchev–Trinajstić information content (AvgIpc) is 3.08. The fourth-order valence-corrected chi connectivity index (χ4v) is 2.85. The summed E-state index contributed by atoms with van der Waals surface area (Å²) in [5, 5.41) is 14.2. The third kappa shape index (κ3) is 2.96. The van der Waals surface area contributed by atoms with Gasteiger partial charge in [0.2, 0.25) is 5.89 Å². The molecule has 112 valence electrons. The molecule has 0 saturated carbocycles. The molecule has 1 aromatic carbocycles. The monoisotopic (exact) mass is 291 g/mol. The SMILES string of the molecule is Cc1nc([C@H]2CCCN2C[C@@H](O)c2ccccc2F)no1. The summed E-state index contributed by atoms with van der Waals surface area (Å²) < 4.78 is 18.7. The Kier molecular flexibility index (Phi) is 3.98. The van der Waals surface area contributed by atoms with E-state index in [4.69, 9.17) is 4.52 Å². The maximum Gasteiger partial charge on any atom is 0.223 e. The van der Waals surface area contributed by atoms with Gasteiger partial charge < -0.3 is 9.63 Å². The smallest absolute Gasteiger partial charge is 0.223 e. The number of aryl methyl sites for hydroxylation is 1. The summed E-state index contributed by atoms with van der Waals surface area (Å²) in [6.07, 6.45) is 1.06. The lowest BCUT2D eigenvalue weighted by molar-refractivity contribution is 0.101. The molecule has 0 spiro atoms. The van der Waals surface area contributed by atoms with Crippen LogP contribution in [0.4, 0.5) is 4.39 Å². The molecule has 0 amide bonds. The first-order valence-corrected chi connectivity index (χ1v) is 7.12. The molecule has 21 heavy (non-hydrogen) atoms. The van der Waals surface area contributed by atoms with E-state index in [1.807, 2.05) is 0 Å². The Labute approximate surface area is 122 Å². The third-order valence-corrected chi connectivity index (χ3v) is 3.88. The second kappa shape index (κ2) is 5.91. The van der Waals surface area contributed by atoms with Crippen LogP contribution in [0.25, 0.3) is 0 Å². The number of benzene rings is 1. The Balaban J connectivity index is 1.73. The van der Waals surface area contributed by atoms with Crippen molar-refractivity contribution in [2.45, 2.75) is 31.9 Å². The van der Waals surface area contributed by atoms with Crippen LogP contribution in [0.3, 0.4) is 0 Å². The van der Waals surface area contributed by atoms with Crippen LogP contribution in [-0.2, 0) is 0 Å². The number of rotatable bonds is 4. The molecule has 1 aliphatic heterocycles. The van der Waals surface area contributed by atoms with E-state index < -0.39 is 6.10 Å². The number of nitrogens with zero attached hydrogens (tertiary/aromatic N) is 3. The summed E-state index contributed by atoms with van der Waals surface area (Å²) >= 11 is 0. The number of aliphatic hydroxyl groups excluding tert-OH is 1. The quantitative estimate of drug-likeness (QED) is 0.937. The zero-order valence-corrected chi connectivity index (χ0v) is 11.9. The topological polar surface area (TPSA) is 62.4 Å². The normalized spacial score (nSPS) is 20.8. The second-order valence-electron chi connectivity index (χ2n) is 5.36. The lowest BCUT2D eigenvalue weighted by Gasteiger charge is -2.25. The largest absolute Gasteiger partial charge is 0.387 e. The van der Waals surface area contributed by atoms with E-state index >= 15 is 0 Å². The van der Waals surface area contributed by atoms with E-state index in [1.165, 1.54) is 6.07 Å². The Bertz CT molecular complexity index is 616. The van der Waals surface area contributed by atoms with Crippen molar-refractivity contribution in [2.75, 3.05) is 13.1 Å². The van der Waals surface area contributed by atoms with E-state index in [0.717, 1.165) is 19.4 Å². The van der Waals surface area contributed by atoms with Gasteiger partial charge in [0.1, 0.15) is 5.82 Å². The van der Waals surface area contributed by atoms with E-state index in [0.29, 0.717) is 23.8 Å². The Morgan fingerprint density at radius 3 is 3.00 bits per heavy atom. The van der Waals surface area contributed by atoms with E-state index in [9.17, 15) is 9.50 Å². The molecule has 6 heteroatoms. The molecule has 1 saturated heterocycles. The number of halogens is 1. The van der Waals surface area contributed by atoms with Gasteiger partial charge in [-0.05, 0) is 25.5 Å². The van der Waals surface area contributed by atoms with Crippen LogP contribution in [0.2, 0.25) is 0 Å². The number of hydrogen-bond donors (Lipinski definition) is 1. The lowest BCUT2D eigenvalue weighted by Crippen LogP contribution is -2.29. The predicted molar refractivity (Wildman–Crippen MR) is 73.9 cm³/mol. The van der Waals surface area contributed by atoms with Crippen molar-refractivity contribution in [2.24, 2.45) is 0 Å². The summed E-state index contributed by atoms with van der Waals surface area (Å²) in [4.78, 5) is 6.35. The van der Waals surface area contributed by atoms with Crippen LogP contribution in [0.1, 0.15) is 42.3 Å². The molecule has 3 rings (SSSR count). The van der Waals surface area contributed by atoms with Crippen molar-refractivity contribution in [3.8, 4) is 0 Å². The van der Waals surface area contributed by atoms with Gasteiger partial charge in [-0.2, -0.15) is 4.98 Å². The Morgan fingerprint density at radius 1 is 1.48 bits per heavy atom. The number of aliphatic hydroxyl groups is 1. The van der Waals surface area contributed by atoms with Crippen molar-refractivity contribution in [3.05, 3.63) is 47.4 Å². The average molecular weight is 291 g/mol. The van der Waals surface area contributed by atoms with Gasteiger partial charge in [-0.25, -0.2) is 4.39 Å². The van der Waals surface area contributed by atoms with Crippen LogP contribution in [0, 0.1) is 12.7 Å². The van der Waals surface area contributed by atoms with E-state index in [2.05, 4.69) is 15.0 Å². The van der Waals surface area contributed by atoms with Crippen LogP contribution in [0.5, 0.6) is 0 Å². The van der Waals surface area contributed by atoms with Gasteiger partial charge in [0.25, 0.3) is 0 Å².